The fourth-order valence-corrected chi connectivity index (χ4v) is 2.98. The zero-order valence-electron chi connectivity index (χ0n) is 13.7. The van der Waals surface area contributed by atoms with Gasteiger partial charge in [-0.25, -0.2) is 4.98 Å². The molecular formula is C15H19N7O3. The van der Waals surface area contributed by atoms with Gasteiger partial charge in [-0.15, -0.1) is 0 Å². The Bertz CT molecular complexity index is 809. The van der Waals surface area contributed by atoms with Gasteiger partial charge < -0.3 is 20.3 Å². The van der Waals surface area contributed by atoms with Gasteiger partial charge in [0.2, 0.25) is 11.6 Å². The Hall–Kier alpha value is -2.75. The van der Waals surface area contributed by atoms with E-state index in [2.05, 4.69) is 25.2 Å². The highest BCUT2D eigenvalue weighted by Gasteiger charge is 2.26. The van der Waals surface area contributed by atoms with Gasteiger partial charge in [0.1, 0.15) is 6.20 Å². The van der Waals surface area contributed by atoms with Crippen LogP contribution in [0.15, 0.2) is 18.3 Å². The number of nitrogens with zero attached hydrogens (tertiary/aromatic N) is 6. The number of piperazine rings is 1. The minimum atomic E-state index is -0.493. The lowest BCUT2D eigenvalue weighted by molar-refractivity contribution is -0.391. The predicted octanol–water partition coefficient (Wildman–Crippen LogP) is 0.0381. The molecule has 1 amide bonds. The molecule has 1 aliphatic carbocycles. The molecule has 0 bridgehead atoms. The number of amides is 1. The van der Waals surface area contributed by atoms with Crippen LogP contribution >= 0.6 is 0 Å². The molecule has 0 radical (unpaired) electrons. The minimum Gasteiger partial charge on any atom is -0.358 e. The zero-order chi connectivity index (χ0) is 17.4. The lowest BCUT2D eigenvalue weighted by atomic mass is 10.3. The molecule has 2 aromatic rings. The molecule has 0 aromatic carbocycles. The van der Waals surface area contributed by atoms with E-state index in [9.17, 15) is 14.9 Å². The van der Waals surface area contributed by atoms with Crippen LogP contribution in [0.4, 0.5) is 11.6 Å². The van der Waals surface area contributed by atoms with Crippen molar-refractivity contribution in [3.8, 4) is 0 Å². The first-order valence-electron chi connectivity index (χ1n) is 8.36. The monoisotopic (exact) mass is 345 g/mol. The van der Waals surface area contributed by atoms with Crippen LogP contribution in [0.5, 0.6) is 0 Å². The highest BCUT2D eigenvalue weighted by molar-refractivity contribution is 5.78. The van der Waals surface area contributed by atoms with Crippen LogP contribution in [-0.2, 0) is 4.79 Å². The van der Waals surface area contributed by atoms with E-state index in [4.69, 9.17) is 0 Å². The summed E-state index contributed by atoms with van der Waals surface area (Å²) < 4.78 is 1.25. The molecule has 2 aromatic heterocycles. The summed E-state index contributed by atoms with van der Waals surface area (Å²) in [6, 6.07) is 3.93. The summed E-state index contributed by atoms with van der Waals surface area (Å²) in [5, 5.41) is 18.4. The van der Waals surface area contributed by atoms with Crippen molar-refractivity contribution in [1.29, 1.82) is 0 Å². The Labute approximate surface area is 143 Å². The first kappa shape index (κ1) is 15.8. The van der Waals surface area contributed by atoms with Crippen molar-refractivity contribution in [1.82, 2.24) is 24.8 Å². The highest BCUT2D eigenvalue weighted by atomic mass is 16.6. The minimum absolute atomic E-state index is 0.0875. The van der Waals surface area contributed by atoms with Gasteiger partial charge in [0.05, 0.1) is 6.54 Å². The third-order valence-corrected chi connectivity index (χ3v) is 4.52. The summed E-state index contributed by atoms with van der Waals surface area (Å²) in [7, 11) is 0. The fourth-order valence-electron chi connectivity index (χ4n) is 2.98. The van der Waals surface area contributed by atoms with Crippen LogP contribution in [0.25, 0.3) is 5.65 Å². The maximum absolute atomic E-state index is 11.9. The maximum Gasteiger partial charge on any atom is 0.368 e. The second kappa shape index (κ2) is 6.28. The summed E-state index contributed by atoms with van der Waals surface area (Å²) in [4.78, 5) is 30.6. The molecule has 1 saturated carbocycles. The molecule has 10 heteroatoms. The van der Waals surface area contributed by atoms with E-state index < -0.39 is 4.92 Å². The highest BCUT2D eigenvalue weighted by Crippen LogP contribution is 2.19. The molecule has 2 fully saturated rings. The van der Waals surface area contributed by atoms with Crippen molar-refractivity contribution in [3.63, 3.8) is 0 Å². The van der Waals surface area contributed by atoms with Gasteiger partial charge in [-0.3, -0.25) is 9.69 Å². The number of aromatic nitrogens is 3. The Balaban J connectivity index is 1.40. The topological polar surface area (TPSA) is 109 Å². The van der Waals surface area contributed by atoms with Crippen molar-refractivity contribution in [2.75, 3.05) is 37.6 Å². The quantitative estimate of drug-likeness (QED) is 0.602. The van der Waals surface area contributed by atoms with Crippen LogP contribution in [0.1, 0.15) is 12.8 Å². The maximum atomic E-state index is 11.9. The lowest BCUT2D eigenvalue weighted by Crippen LogP contribution is -2.50. The van der Waals surface area contributed by atoms with Gasteiger partial charge in [0.15, 0.2) is 5.82 Å². The number of nitro groups is 1. The van der Waals surface area contributed by atoms with Gasteiger partial charge >= 0.3 is 5.82 Å². The van der Waals surface area contributed by atoms with E-state index in [1.165, 1.54) is 10.7 Å². The Kier molecular flexibility index (Phi) is 3.96. The van der Waals surface area contributed by atoms with Crippen LogP contribution in [0.2, 0.25) is 0 Å². The Morgan fingerprint density at radius 2 is 2.04 bits per heavy atom. The standard InChI is InChI=1S/C15H19N7O3/c23-14(17-11-1-2-11)10-19-5-7-20(8-6-19)13-4-3-12-16-9-15(22(24)25)21(12)18-13/h3-4,9,11H,1-2,5-8,10H2,(H,17,23). The average molecular weight is 345 g/mol. The van der Waals surface area contributed by atoms with E-state index in [0.717, 1.165) is 39.0 Å². The number of hydrogen-bond donors (Lipinski definition) is 1. The van der Waals surface area contributed by atoms with Crippen LogP contribution in [0, 0.1) is 10.1 Å². The number of hydrogen-bond acceptors (Lipinski definition) is 7. The van der Waals surface area contributed by atoms with E-state index >= 15 is 0 Å². The summed E-state index contributed by atoms with van der Waals surface area (Å²) in [5.41, 5.74) is 0.450. The van der Waals surface area contributed by atoms with Gasteiger partial charge in [-0.05, 0) is 23.8 Å². The molecule has 25 heavy (non-hydrogen) atoms. The molecule has 132 valence electrons. The first-order valence-corrected chi connectivity index (χ1v) is 8.36. The molecule has 2 aliphatic rings. The van der Waals surface area contributed by atoms with Gasteiger partial charge in [-0.2, -0.15) is 0 Å². The second-order valence-electron chi connectivity index (χ2n) is 6.44. The van der Waals surface area contributed by atoms with Gasteiger partial charge in [0, 0.05) is 38.3 Å². The van der Waals surface area contributed by atoms with Gasteiger partial charge in [0.25, 0.3) is 0 Å². The van der Waals surface area contributed by atoms with Crippen LogP contribution < -0.4 is 10.2 Å². The Morgan fingerprint density at radius 1 is 1.28 bits per heavy atom. The normalized spacial score (nSPS) is 18.5. The number of rotatable bonds is 5. The molecule has 4 rings (SSSR count). The van der Waals surface area contributed by atoms with E-state index in [0.29, 0.717) is 24.1 Å². The van der Waals surface area contributed by atoms with E-state index in [1.807, 2.05) is 6.07 Å². The number of carbonyl (C=O) groups excluding carboxylic acids is 1. The van der Waals surface area contributed by atoms with E-state index in [1.54, 1.807) is 6.07 Å². The zero-order valence-corrected chi connectivity index (χ0v) is 13.7. The lowest BCUT2D eigenvalue weighted by Gasteiger charge is -2.34. The molecule has 0 atom stereocenters. The van der Waals surface area contributed by atoms with Gasteiger partial charge in [-0.1, -0.05) is 9.61 Å². The SMILES string of the molecule is O=C(CN1CCN(c2ccc3ncc([N+](=O)[O-])n3n2)CC1)NC1CC1. The predicted molar refractivity (Wildman–Crippen MR) is 89.5 cm³/mol. The van der Waals surface area contributed by atoms with Crippen LogP contribution in [0.3, 0.4) is 0 Å². The van der Waals surface area contributed by atoms with Crippen molar-refractivity contribution in [3.05, 3.63) is 28.4 Å². The molecule has 0 unspecified atom stereocenters. The summed E-state index contributed by atoms with van der Waals surface area (Å²) in [5.74, 6) is 0.618. The molecular weight excluding hydrogens is 326 g/mol. The molecule has 1 saturated heterocycles. The van der Waals surface area contributed by atoms with Crippen molar-refractivity contribution >= 4 is 23.2 Å². The van der Waals surface area contributed by atoms with Crippen molar-refractivity contribution in [2.24, 2.45) is 0 Å². The molecule has 1 N–H and O–H groups in total. The van der Waals surface area contributed by atoms with E-state index in [-0.39, 0.29) is 11.7 Å². The van der Waals surface area contributed by atoms with Crippen molar-refractivity contribution in [2.45, 2.75) is 18.9 Å². The third kappa shape index (κ3) is 3.38. The number of carbonyl (C=O) groups is 1. The summed E-state index contributed by atoms with van der Waals surface area (Å²) in [6.07, 6.45) is 3.39. The molecule has 1 aliphatic heterocycles. The largest absolute Gasteiger partial charge is 0.368 e. The smallest absolute Gasteiger partial charge is 0.358 e. The Morgan fingerprint density at radius 3 is 2.72 bits per heavy atom. The summed E-state index contributed by atoms with van der Waals surface area (Å²) in [6.45, 7) is 3.37. The van der Waals surface area contributed by atoms with Crippen molar-refractivity contribution < 1.29 is 9.72 Å². The average Bonchev–Trinajstić information content (AvgIpc) is 3.30. The third-order valence-electron chi connectivity index (χ3n) is 4.52. The summed E-state index contributed by atoms with van der Waals surface area (Å²) >= 11 is 0. The number of anilines is 1. The molecule has 3 heterocycles. The van der Waals surface area contributed by atoms with Crippen LogP contribution in [-0.4, -0.2) is 69.1 Å². The molecule has 10 nitrogen and oxygen atoms in total. The fraction of sp³-hybridized carbons (Fsp3) is 0.533. The molecule has 0 spiro atoms. The number of nitrogens with one attached hydrogen (secondary N) is 1. The first-order chi connectivity index (χ1) is 12.1. The number of fused-ring (bicyclic) bond motifs is 1. The second-order valence-corrected chi connectivity index (χ2v) is 6.44. The number of imidazole rings is 1.